The SMILES string of the molecule is CC(C)C[C@@H](CO)NC(=O)NCC#Cc1ccccc1. The molecule has 0 spiro atoms. The molecule has 0 fully saturated rings. The Kier molecular flexibility index (Phi) is 7.23. The van der Waals surface area contributed by atoms with Crippen LogP contribution in [-0.2, 0) is 0 Å². The van der Waals surface area contributed by atoms with E-state index in [-0.39, 0.29) is 25.2 Å². The van der Waals surface area contributed by atoms with E-state index in [0.29, 0.717) is 5.92 Å². The molecule has 0 saturated carbocycles. The van der Waals surface area contributed by atoms with Crippen molar-refractivity contribution in [1.82, 2.24) is 10.6 Å². The van der Waals surface area contributed by atoms with E-state index in [2.05, 4.69) is 22.5 Å². The van der Waals surface area contributed by atoms with E-state index in [4.69, 9.17) is 0 Å². The van der Waals surface area contributed by atoms with Crippen molar-refractivity contribution < 1.29 is 9.90 Å². The van der Waals surface area contributed by atoms with Crippen LogP contribution in [0.1, 0.15) is 25.8 Å². The third-order valence-corrected chi connectivity index (χ3v) is 2.66. The average Bonchev–Trinajstić information content (AvgIpc) is 2.43. The molecule has 2 amide bonds. The zero-order chi connectivity index (χ0) is 14.8. The van der Waals surface area contributed by atoms with Gasteiger partial charge in [-0.15, -0.1) is 0 Å². The number of nitrogens with one attached hydrogen (secondary N) is 2. The summed E-state index contributed by atoms with van der Waals surface area (Å²) < 4.78 is 0. The van der Waals surface area contributed by atoms with Gasteiger partial charge in [0.2, 0.25) is 0 Å². The van der Waals surface area contributed by atoms with Gasteiger partial charge in [0, 0.05) is 5.56 Å². The van der Waals surface area contributed by atoms with E-state index in [1.165, 1.54) is 0 Å². The first-order valence-electron chi connectivity index (χ1n) is 6.81. The predicted molar refractivity (Wildman–Crippen MR) is 80.2 cm³/mol. The molecule has 3 N–H and O–H groups in total. The van der Waals surface area contributed by atoms with Crippen molar-refractivity contribution in [2.75, 3.05) is 13.2 Å². The monoisotopic (exact) mass is 274 g/mol. The molecular formula is C16H22N2O2. The number of amides is 2. The third kappa shape index (κ3) is 6.81. The fourth-order valence-electron chi connectivity index (χ4n) is 1.78. The van der Waals surface area contributed by atoms with E-state index < -0.39 is 0 Å². The molecule has 0 aliphatic rings. The molecule has 0 heterocycles. The summed E-state index contributed by atoms with van der Waals surface area (Å²) in [6.07, 6.45) is 0.750. The zero-order valence-electron chi connectivity index (χ0n) is 12.0. The van der Waals surface area contributed by atoms with Gasteiger partial charge >= 0.3 is 6.03 Å². The number of carbonyl (C=O) groups excluding carboxylic acids is 1. The van der Waals surface area contributed by atoms with Crippen molar-refractivity contribution in [3.8, 4) is 11.8 Å². The molecule has 108 valence electrons. The maximum Gasteiger partial charge on any atom is 0.315 e. The van der Waals surface area contributed by atoms with E-state index >= 15 is 0 Å². The highest BCUT2D eigenvalue weighted by Crippen LogP contribution is 2.03. The fourth-order valence-corrected chi connectivity index (χ4v) is 1.78. The number of carbonyl (C=O) groups is 1. The van der Waals surface area contributed by atoms with Crippen LogP contribution in [0.2, 0.25) is 0 Å². The lowest BCUT2D eigenvalue weighted by Crippen LogP contribution is -2.44. The number of hydrogen-bond donors (Lipinski definition) is 3. The van der Waals surface area contributed by atoms with Crippen molar-refractivity contribution in [3.05, 3.63) is 35.9 Å². The summed E-state index contributed by atoms with van der Waals surface area (Å²) >= 11 is 0. The van der Waals surface area contributed by atoms with Crippen molar-refractivity contribution in [2.45, 2.75) is 26.3 Å². The summed E-state index contributed by atoms with van der Waals surface area (Å²) in [6, 6.07) is 9.09. The fraction of sp³-hybridized carbons (Fsp3) is 0.438. The van der Waals surface area contributed by atoms with Gasteiger partial charge in [-0.25, -0.2) is 4.79 Å². The molecule has 1 rings (SSSR count). The molecule has 1 aromatic carbocycles. The molecule has 0 aliphatic carbocycles. The molecule has 0 aliphatic heterocycles. The van der Waals surface area contributed by atoms with Gasteiger partial charge in [-0.3, -0.25) is 0 Å². The second-order valence-corrected chi connectivity index (χ2v) is 5.00. The lowest BCUT2D eigenvalue weighted by Gasteiger charge is -2.18. The zero-order valence-corrected chi connectivity index (χ0v) is 12.0. The second-order valence-electron chi connectivity index (χ2n) is 5.00. The number of urea groups is 1. The minimum atomic E-state index is -0.299. The Balaban J connectivity index is 2.31. The van der Waals surface area contributed by atoms with Crippen LogP contribution in [0, 0.1) is 17.8 Å². The van der Waals surface area contributed by atoms with Crippen LogP contribution in [0.5, 0.6) is 0 Å². The molecule has 20 heavy (non-hydrogen) atoms. The largest absolute Gasteiger partial charge is 0.394 e. The Morgan fingerprint density at radius 2 is 2.00 bits per heavy atom. The van der Waals surface area contributed by atoms with Crippen LogP contribution in [0.25, 0.3) is 0 Å². The van der Waals surface area contributed by atoms with Gasteiger partial charge in [-0.2, -0.15) is 0 Å². The highest BCUT2D eigenvalue weighted by molar-refractivity contribution is 5.74. The second kappa shape index (κ2) is 9.00. The predicted octanol–water partition coefficient (Wildman–Crippen LogP) is 1.74. The van der Waals surface area contributed by atoms with E-state index in [9.17, 15) is 9.90 Å². The quantitative estimate of drug-likeness (QED) is 0.716. The molecule has 0 bridgehead atoms. The standard InChI is InChI=1S/C16H22N2O2/c1-13(2)11-15(12-19)18-16(20)17-10-6-9-14-7-4-3-5-8-14/h3-5,7-8,13,15,19H,10-12H2,1-2H3,(H2,17,18,20)/t15-/m0/s1. The first-order valence-corrected chi connectivity index (χ1v) is 6.81. The lowest BCUT2D eigenvalue weighted by atomic mass is 10.0. The topological polar surface area (TPSA) is 61.4 Å². The van der Waals surface area contributed by atoms with Gasteiger partial charge in [0.15, 0.2) is 0 Å². The number of hydrogen-bond acceptors (Lipinski definition) is 2. The summed E-state index contributed by atoms with van der Waals surface area (Å²) in [5, 5.41) is 14.6. The van der Waals surface area contributed by atoms with Gasteiger partial charge in [-0.1, -0.05) is 43.9 Å². The Bertz CT molecular complexity index is 460. The van der Waals surface area contributed by atoms with Gasteiger partial charge in [0.1, 0.15) is 0 Å². The Morgan fingerprint density at radius 1 is 1.30 bits per heavy atom. The molecule has 4 heteroatoms. The van der Waals surface area contributed by atoms with Crippen LogP contribution in [-0.4, -0.2) is 30.3 Å². The van der Waals surface area contributed by atoms with E-state index in [1.807, 2.05) is 44.2 Å². The van der Waals surface area contributed by atoms with Crippen molar-refractivity contribution in [2.24, 2.45) is 5.92 Å². The molecule has 1 aromatic rings. The summed E-state index contributed by atoms with van der Waals surface area (Å²) in [5.74, 6) is 6.26. The number of aliphatic hydroxyl groups is 1. The highest BCUT2D eigenvalue weighted by Gasteiger charge is 2.11. The normalized spacial score (nSPS) is 11.4. The number of aliphatic hydroxyl groups excluding tert-OH is 1. The molecule has 1 atom stereocenters. The summed E-state index contributed by atoms with van der Waals surface area (Å²) in [6.45, 7) is 4.32. The van der Waals surface area contributed by atoms with Crippen molar-refractivity contribution >= 4 is 6.03 Å². The maximum absolute atomic E-state index is 11.6. The van der Waals surface area contributed by atoms with Gasteiger partial charge in [-0.05, 0) is 24.5 Å². The number of benzene rings is 1. The van der Waals surface area contributed by atoms with E-state index in [1.54, 1.807) is 0 Å². The van der Waals surface area contributed by atoms with Crippen LogP contribution in [0.4, 0.5) is 4.79 Å². The van der Waals surface area contributed by atoms with Crippen molar-refractivity contribution in [1.29, 1.82) is 0 Å². The average molecular weight is 274 g/mol. The molecule has 0 saturated heterocycles. The maximum atomic E-state index is 11.6. The molecule has 0 radical (unpaired) electrons. The van der Waals surface area contributed by atoms with E-state index in [0.717, 1.165) is 12.0 Å². The Morgan fingerprint density at radius 3 is 2.60 bits per heavy atom. The first-order chi connectivity index (χ1) is 9.61. The molecule has 0 aromatic heterocycles. The summed E-state index contributed by atoms with van der Waals surface area (Å²) in [4.78, 5) is 11.6. The number of rotatable bonds is 5. The molecule has 4 nitrogen and oxygen atoms in total. The smallest absolute Gasteiger partial charge is 0.315 e. The first kappa shape index (κ1) is 16.1. The minimum Gasteiger partial charge on any atom is -0.394 e. The highest BCUT2D eigenvalue weighted by atomic mass is 16.3. The van der Waals surface area contributed by atoms with Crippen LogP contribution >= 0.6 is 0 Å². The summed E-state index contributed by atoms with van der Waals surface area (Å²) in [7, 11) is 0. The Labute approximate surface area is 120 Å². The lowest BCUT2D eigenvalue weighted by molar-refractivity contribution is 0.207. The van der Waals surface area contributed by atoms with Crippen LogP contribution in [0.15, 0.2) is 30.3 Å². The minimum absolute atomic E-state index is 0.0543. The summed E-state index contributed by atoms with van der Waals surface area (Å²) in [5.41, 5.74) is 0.919. The molecular weight excluding hydrogens is 252 g/mol. The van der Waals surface area contributed by atoms with Gasteiger partial charge < -0.3 is 15.7 Å². The Hall–Kier alpha value is -1.99. The van der Waals surface area contributed by atoms with Crippen LogP contribution in [0.3, 0.4) is 0 Å². The van der Waals surface area contributed by atoms with Gasteiger partial charge in [0.05, 0.1) is 19.2 Å². The van der Waals surface area contributed by atoms with Crippen molar-refractivity contribution in [3.63, 3.8) is 0 Å². The third-order valence-electron chi connectivity index (χ3n) is 2.66. The molecule has 0 unspecified atom stereocenters. The van der Waals surface area contributed by atoms with Gasteiger partial charge in [0.25, 0.3) is 0 Å². The van der Waals surface area contributed by atoms with Crippen LogP contribution < -0.4 is 10.6 Å².